The van der Waals surface area contributed by atoms with Gasteiger partial charge in [-0.1, -0.05) is 22.0 Å². The first-order chi connectivity index (χ1) is 8.74. The van der Waals surface area contributed by atoms with Crippen LogP contribution in [0, 0.1) is 0 Å². The molecule has 0 aliphatic carbocycles. The molecule has 0 saturated carbocycles. The van der Waals surface area contributed by atoms with Gasteiger partial charge in [-0.25, -0.2) is 0 Å². The van der Waals surface area contributed by atoms with E-state index >= 15 is 0 Å². The average Bonchev–Trinajstić information content (AvgIpc) is 2.55. The maximum Gasteiger partial charge on any atom is 0.120 e. The summed E-state index contributed by atoms with van der Waals surface area (Å²) in [6, 6.07) is 8.02. The summed E-state index contributed by atoms with van der Waals surface area (Å²) in [5, 5.41) is 0. The Balaban J connectivity index is 1.71. The van der Waals surface area contributed by atoms with Crippen LogP contribution in [0.15, 0.2) is 28.7 Å². The molecule has 2 rings (SSSR count). The Morgan fingerprint density at radius 3 is 2.94 bits per heavy atom. The van der Waals surface area contributed by atoms with Gasteiger partial charge in [0.25, 0.3) is 0 Å². The quantitative estimate of drug-likeness (QED) is 0.849. The van der Waals surface area contributed by atoms with Crippen LogP contribution in [0.25, 0.3) is 0 Å². The van der Waals surface area contributed by atoms with Crippen LogP contribution in [0.5, 0.6) is 5.75 Å². The summed E-state index contributed by atoms with van der Waals surface area (Å²) in [7, 11) is 2.20. The van der Waals surface area contributed by atoms with Crippen molar-refractivity contribution in [2.75, 3.05) is 46.4 Å². The van der Waals surface area contributed by atoms with Gasteiger partial charge in [-0.15, -0.1) is 0 Å². The third-order valence-electron chi connectivity index (χ3n) is 3.28. The Morgan fingerprint density at radius 2 is 2.11 bits per heavy atom. The first-order valence-corrected chi connectivity index (χ1v) is 7.32. The van der Waals surface area contributed by atoms with Gasteiger partial charge in [0.1, 0.15) is 12.4 Å². The second-order valence-electron chi connectivity index (χ2n) is 4.80. The molecule has 0 N–H and O–H groups in total. The van der Waals surface area contributed by atoms with Crippen molar-refractivity contribution >= 4 is 15.9 Å². The zero-order chi connectivity index (χ0) is 12.8. The standard InChI is InChI=1S/C14H21BrN2O/c1-16-6-3-7-17(9-8-16)10-11-18-14-5-2-4-13(15)12-14/h2,4-5,12H,3,6-11H2,1H3. The maximum atomic E-state index is 5.77. The molecule has 1 saturated heterocycles. The highest BCUT2D eigenvalue weighted by molar-refractivity contribution is 9.10. The molecular formula is C14H21BrN2O. The molecule has 1 fully saturated rings. The lowest BCUT2D eigenvalue weighted by Crippen LogP contribution is -2.32. The number of benzene rings is 1. The number of hydrogen-bond acceptors (Lipinski definition) is 3. The van der Waals surface area contributed by atoms with Gasteiger partial charge in [0, 0.05) is 24.1 Å². The highest BCUT2D eigenvalue weighted by Crippen LogP contribution is 2.17. The molecule has 4 heteroatoms. The Morgan fingerprint density at radius 1 is 1.22 bits per heavy atom. The summed E-state index contributed by atoms with van der Waals surface area (Å²) < 4.78 is 6.84. The molecule has 0 unspecified atom stereocenters. The number of likely N-dealkylation sites (N-methyl/N-ethyl adjacent to an activating group) is 1. The molecule has 0 aromatic heterocycles. The van der Waals surface area contributed by atoms with Crippen LogP contribution >= 0.6 is 15.9 Å². The summed E-state index contributed by atoms with van der Waals surface area (Å²) in [4.78, 5) is 4.89. The predicted octanol–water partition coefficient (Wildman–Crippen LogP) is 2.47. The summed E-state index contributed by atoms with van der Waals surface area (Å²) in [5.74, 6) is 0.941. The SMILES string of the molecule is CN1CCCN(CCOc2cccc(Br)c2)CC1. The first kappa shape index (κ1) is 13.8. The zero-order valence-corrected chi connectivity index (χ0v) is 12.5. The molecule has 0 radical (unpaired) electrons. The second-order valence-corrected chi connectivity index (χ2v) is 5.72. The minimum Gasteiger partial charge on any atom is -0.492 e. The lowest BCUT2D eigenvalue weighted by atomic mass is 10.3. The number of halogens is 1. The molecule has 0 bridgehead atoms. The second kappa shape index (κ2) is 7.12. The van der Waals surface area contributed by atoms with E-state index in [0.29, 0.717) is 0 Å². The van der Waals surface area contributed by atoms with Crippen molar-refractivity contribution in [3.63, 3.8) is 0 Å². The van der Waals surface area contributed by atoms with Gasteiger partial charge in [0.05, 0.1) is 0 Å². The Hall–Kier alpha value is -0.580. The minimum atomic E-state index is 0.764. The molecule has 18 heavy (non-hydrogen) atoms. The van der Waals surface area contributed by atoms with Gasteiger partial charge in [-0.2, -0.15) is 0 Å². The fraction of sp³-hybridized carbons (Fsp3) is 0.571. The number of rotatable bonds is 4. The van der Waals surface area contributed by atoms with Crippen molar-refractivity contribution < 1.29 is 4.74 Å². The number of ether oxygens (including phenoxy) is 1. The molecule has 0 amide bonds. The molecule has 0 spiro atoms. The molecule has 1 heterocycles. The van der Waals surface area contributed by atoms with Crippen molar-refractivity contribution in [2.24, 2.45) is 0 Å². The van der Waals surface area contributed by atoms with Crippen molar-refractivity contribution in [3.8, 4) is 5.75 Å². The molecular weight excluding hydrogens is 292 g/mol. The van der Waals surface area contributed by atoms with Gasteiger partial charge < -0.3 is 9.64 Å². The van der Waals surface area contributed by atoms with Crippen LogP contribution in [-0.2, 0) is 0 Å². The average molecular weight is 313 g/mol. The van der Waals surface area contributed by atoms with Crippen molar-refractivity contribution in [1.82, 2.24) is 9.80 Å². The Kier molecular flexibility index (Phi) is 5.47. The summed E-state index contributed by atoms with van der Waals surface area (Å²) in [6.45, 7) is 6.49. The van der Waals surface area contributed by atoms with E-state index in [4.69, 9.17) is 4.74 Å². The van der Waals surface area contributed by atoms with E-state index in [1.54, 1.807) is 0 Å². The number of nitrogens with zero attached hydrogens (tertiary/aromatic N) is 2. The topological polar surface area (TPSA) is 15.7 Å². The summed E-state index contributed by atoms with van der Waals surface area (Å²) in [5.41, 5.74) is 0. The van der Waals surface area contributed by atoms with E-state index in [0.717, 1.165) is 36.5 Å². The fourth-order valence-electron chi connectivity index (χ4n) is 2.17. The molecule has 1 aliphatic rings. The van der Waals surface area contributed by atoms with E-state index in [9.17, 15) is 0 Å². The van der Waals surface area contributed by atoms with Crippen molar-refractivity contribution in [3.05, 3.63) is 28.7 Å². The van der Waals surface area contributed by atoms with Crippen molar-refractivity contribution in [2.45, 2.75) is 6.42 Å². The van der Waals surface area contributed by atoms with Crippen LogP contribution in [0.1, 0.15) is 6.42 Å². The third kappa shape index (κ3) is 4.59. The molecule has 100 valence electrons. The van der Waals surface area contributed by atoms with E-state index in [1.807, 2.05) is 24.3 Å². The zero-order valence-electron chi connectivity index (χ0n) is 10.9. The highest BCUT2D eigenvalue weighted by atomic mass is 79.9. The molecule has 1 aromatic rings. The monoisotopic (exact) mass is 312 g/mol. The third-order valence-corrected chi connectivity index (χ3v) is 3.78. The van der Waals surface area contributed by atoms with E-state index in [1.165, 1.54) is 19.5 Å². The maximum absolute atomic E-state index is 5.77. The van der Waals surface area contributed by atoms with Gasteiger partial charge in [-0.05, 0) is 44.8 Å². The Bertz CT molecular complexity index is 373. The lowest BCUT2D eigenvalue weighted by Gasteiger charge is -2.20. The molecule has 1 aliphatic heterocycles. The van der Waals surface area contributed by atoms with Crippen LogP contribution in [0.3, 0.4) is 0 Å². The van der Waals surface area contributed by atoms with Crippen molar-refractivity contribution in [1.29, 1.82) is 0 Å². The van der Waals surface area contributed by atoms with Crippen LogP contribution in [0.2, 0.25) is 0 Å². The molecule has 0 atom stereocenters. The largest absolute Gasteiger partial charge is 0.492 e. The highest BCUT2D eigenvalue weighted by Gasteiger charge is 2.11. The van der Waals surface area contributed by atoms with E-state index in [-0.39, 0.29) is 0 Å². The van der Waals surface area contributed by atoms with E-state index in [2.05, 4.69) is 32.8 Å². The van der Waals surface area contributed by atoms with Gasteiger partial charge >= 0.3 is 0 Å². The molecule has 1 aromatic carbocycles. The van der Waals surface area contributed by atoms with Crippen LogP contribution in [-0.4, -0.2) is 56.2 Å². The Labute approximate surface area is 118 Å². The first-order valence-electron chi connectivity index (χ1n) is 6.53. The lowest BCUT2D eigenvalue weighted by molar-refractivity contribution is 0.212. The van der Waals surface area contributed by atoms with Crippen LogP contribution < -0.4 is 4.74 Å². The van der Waals surface area contributed by atoms with Gasteiger partial charge in [0.15, 0.2) is 0 Å². The fourth-order valence-corrected chi connectivity index (χ4v) is 2.55. The molecule has 3 nitrogen and oxygen atoms in total. The van der Waals surface area contributed by atoms with Crippen LogP contribution in [0.4, 0.5) is 0 Å². The minimum absolute atomic E-state index is 0.764. The van der Waals surface area contributed by atoms with Gasteiger partial charge in [0.2, 0.25) is 0 Å². The van der Waals surface area contributed by atoms with Gasteiger partial charge in [-0.3, -0.25) is 4.90 Å². The smallest absolute Gasteiger partial charge is 0.120 e. The summed E-state index contributed by atoms with van der Waals surface area (Å²) in [6.07, 6.45) is 1.26. The normalized spacial score (nSPS) is 18.6. The summed E-state index contributed by atoms with van der Waals surface area (Å²) >= 11 is 3.45. The predicted molar refractivity (Wildman–Crippen MR) is 78.2 cm³/mol. The van der Waals surface area contributed by atoms with E-state index < -0.39 is 0 Å². The number of hydrogen-bond donors (Lipinski definition) is 0.